The van der Waals surface area contributed by atoms with Gasteiger partial charge >= 0.3 is 0 Å². The molecule has 0 saturated heterocycles. The van der Waals surface area contributed by atoms with Crippen molar-refractivity contribution < 1.29 is 13.9 Å². The van der Waals surface area contributed by atoms with E-state index in [0.717, 1.165) is 15.8 Å². The van der Waals surface area contributed by atoms with Gasteiger partial charge in [0, 0.05) is 16.1 Å². The first-order valence-electron chi connectivity index (χ1n) is 5.50. The highest BCUT2D eigenvalue weighted by Crippen LogP contribution is 2.26. The summed E-state index contributed by atoms with van der Waals surface area (Å²) >= 11 is 6.50. The maximum absolute atomic E-state index is 13.4. The summed E-state index contributed by atoms with van der Waals surface area (Å²) in [5.74, 6) is 0.863. The molecule has 2 nitrogen and oxygen atoms in total. The van der Waals surface area contributed by atoms with E-state index in [1.165, 1.54) is 6.07 Å². The average Bonchev–Trinajstić information content (AvgIpc) is 2.40. The second kappa shape index (κ2) is 6.39. The third-order valence-electron chi connectivity index (χ3n) is 2.53. The van der Waals surface area contributed by atoms with Crippen LogP contribution in [0.25, 0.3) is 0 Å². The molecular weight excluding hydrogens is 379 g/mol. The van der Waals surface area contributed by atoms with Crippen LogP contribution in [0.3, 0.4) is 0 Å². The Kier molecular flexibility index (Phi) is 4.82. The fourth-order valence-electron chi connectivity index (χ4n) is 1.59. The highest BCUT2D eigenvalue weighted by Gasteiger charge is 2.06. The second-order valence-electron chi connectivity index (χ2n) is 3.82. The fourth-order valence-corrected chi connectivity index (χ4v) is 2.24. The molecule has 0 bridgehead atoms. The molecule has 2 rings (SSSR count). The molecule has 0 aliphatic carbocycles. The second-order valence-corrected chi connectivity index (χ2v) is 5.59. The molecule has 0 unspecified atom stereocenters. The van der Waals surface area contributed by atoms with Gasteiger partial charge in [-0.05, 0) is 46.3 Å². The summed E-state index contributed by atoms with van der Waals surface area (Å²) in [5, 5.41) is 0. The third-order valence-corrected chi connectivity index (χ3v) is 3.66. The minimum absolute atomic E-state index is 0.309. The zero-order valence-corrected chi connectivity index (χ0v) is 13.3. The van der Waals surface area contributed by atoms with E-state index in [0.29, 0.717) is 16.8 Å². The van der Waals surface area contributed by atoms with Gasteiger partial charge in [-0.1, -0.05) is 15.9 Å². The first kappa shape index (κ1) is 14.3. The molecule has 0 amide bonds. The Bertz CT molecular complexity index is 588. The molecule has 0 spiro atoms. The molecule has 0 aromatic heterocycles. The third kappa shape index (κ3) is 3.70. The Morgan fingerprint density at radius 2 is 1.89 bits per heavy atom. The normalized spacial score (nSPS) is 10.3. The van der Waals surface area contributed by atoms with Crippen molar-refractivity contribution in [3.8, 4) is 11.5 Å². The van der Waals surface area contributed by atoms with Crippen molar-refractivity contribution in [2.24, 2.45) is 0 Å². The predicted octanol–water partition coefficient (Wildman–Crippen LogP) is 4.94. The molecule has 0 fully saturated rings. The Morgan fingerprint density at radius 3 is 2.58 bits per heavy atom. The number of hydrogen-bond acceptors (Lipinski definition) is 2. The van der Waals surface area contributed by atoms with Crippen LogP contribution in [0.4, 0.5) is 4.39 Å². The maximum Gasteiger partial charge on any atom is 0.141 e. The summed E-state index contributed by atoms with van der Waals surface area (Å²) in [4.78, 5) is 0. The lowest BCUT2D eigenvalue weighted by Gasteiger charge is -2.11. The molecule has 0 atom stereocenters. The van der Waals surface area contributed by atoms with Gasteiger partial charge in [0.2, 0.25) is 0 Å². The van der Waals surface area contributed by atoms with Gasteiger partial charge in [-0.15, -0.1) is 0 Å². The van der Waals surface area contributed by atoms with Crippen molar-refractivity contribution in [3.63, 3.8) is 0 Å². The molecule has 2 aromatic carbocycles. The van der Waals surface area contributed by atoms with Crippen molar-refractivity contribution in [1.82, 2.24) is 0 Å². The predicted molar refractivity (Wildman–Crippen MR) is 79.1 cm³/mol. The molecule has 0 N–H and O–H groups in total. The van der Waals surface area contributed by atoms with Crippen LogP contribution in [0.5, 0.6) is 11.5 Å². The lowest BCUT2D eigenvalue weighted by Crippen LogP contribution is -1.99. The molecular formula is C14H11Br2FO2. The van der Waals surface area contributed by atoms with E-state index >= 15 is 0 Å². The number of rotatable bonds is 4. The monoisotopic (exact) mass is 388 g/mol. The number of methoxy groups -OCH3 is 1. The number of halogens is 3. The van der Waals surface area contributed by atoms with E-state index in [2.05, 4.69) is 31.9 Å². The Morgan fingerprint density at radius 1 is 1.11 bits per heavy atom. The van der Waals surface area contributed by atoms with Gasteiger partial charge in [-0.3, -0.25) is 0 Å². The van der Waals surface area contributed by atoms with Gasteiger partial charge < -0.3 is 9.47 Å². The van der Waals surface area contributed by atoms with Gasteiger partial charge in [-0.2, -0.15) is 0 Å². The molecule has 19 heavy (non-hydrogen) atoms. The van der Waals surface area contributed by atoms with Crippen molar-refractivity contribution in [2.45, 2.75) is 6.61 Å². The van der Waals surface area contributed by atoms with E-state index in [-0.39, 0.29) is 5.82 Å². The van der Waals surface area contributed by atoms with Crippen LogP contribution >= 0.6 is 31.9 Å². The van der Waals surface area contributed by atoms with E-state index in [9.17, 15) is 4.39 Å². The average molecular weight is 390 g/mol. The number of ether oxygens (including phenoxy) is 2. The van der Waals surface area contributed by atoms with E-state index in [1.807, 2.05) is 18.2 Å². The van der Waals surface area contributed by atoms with Crippen LogP contribution in [0, 0.1) is 5.82 Å². The van der Waals surface area contributed by atoms with Gasteiger partial charge in [0.15, 0.2) is 0 Å². The van der Waals surface area contributed by atoms with E-state index in [4.69, 9.17) is 9.47 Å². The zero-order valence-electron chi connectivity index (χ0n) is 10.1. The first-order chi connectivity index (χ1) is 9.10. The smallest absolute Gasteiger partial charge is 0.141 e. The maximum atomic E-state index is 13.4. The Balaban J connectivity index is 2.13. The molecule has 0 saturated carbocycles. The standard InChI is InChI=1S/C14H11Br2FO2/c1-18-14-5-2-10(15)6-9(14)8-19-11-3-4-12(16)13(17)7-11/h2-7H,8H2,1H3. The lowest BCUT2D eigenvalue weighted by molar-refractivity contribution is 0.295. The highest BCUT2D eigenvalue weighted by molar-refractivity contribution is 9.10. The Hall–Kier alpha value is -1.07. The van der Waals surface area contributed by atoms with Gasteiger partial charge in [0.25, 0.3) is 0 Å². The quantitative estimate of drug-likeness (QED) is 0.737. The van der Waals surface area contributed by atoms with Gasteiger partial charge in [-0.25, -0.2) is 4.39 Å². The summed E-state index contributed by atoms with van der Waals surface area (Å²) in [5.41, 5.74) is 0.889. The van der Waals surface area contributed by atoms with Crippen molar-refractivity contribution in [2.75, 3.05) is 7.11 Å². The molecule has 0 heterocycles. The number of hydrogen-bond donors (Lipinski definition) is 0. The highest BCUT2D eigenvalue weighted by atomic mass is 79.9. The Labute approximate surface area is 127 Å². The van der Waals surface area contributed by atoms with Crippen LogP contribution < -0.4 is 9.47 Å². The molecule has 0 aliphatic rings. The summed E-state index contributed by atoms with van der Waals surface area (Å²) in [7, 11) is 1.60. The lowest BCUT2D eigenvalue weighted by atomic mass is 10.2. The summed E-state index contributed by atoms with van der Waals surface area (Å²) in [6.45, 7) is 0.309. The topological polar surface area (TPSA) is 18.5 Å². The van der Waals surface area contributed by atoms with Crippen molar-refractivity contribution in [1.29, 1.82) is 0 Å². The van der Waals surface area contributed by atoms with Crippen LogP contribution in [-0.4, -0.2) is 7.11 Å². The zero-order chi connectivity index (χ0) is 13.8. The largest absolute Gasteiger partial charge is 0.496 e. The summed E-state index contributed by atoms with van der Waals surface area (Å²) < 4.78 is 25.5. The molecule has 0 radical (unpaired) electrons. The van der Waals surface area contributed by atoms with E-state index < -0.39 is 0 Å². The van der Waals surface area contributed by atoms with Gasteiger partial charge in [0.1, 0.15) is 23.9 Å². The van der Waals surface area contributed by atoms with Crippen LogP contribution in [0.1, 0.15) is 5.56 Å². The van der Waals surface area contributed by atoms with Crippen LogP contribution in [0.2, 0.25) is 0 Å². The minimum atomic E-state index is -0.348. The molecule has 2 aromatic rings. The molecule has 5 heteroatoms. The molecule has 0 aliphatic heterocycles. The number of benzene rings is 2. The van der Waals surface area contributed by atoms with Crippen molar-refractivity contribution in [3.05, 3.63) is 56.7 Å². The van der Waals surface area contributed by atoms with Crippen molar-refractivity contribution >= 4 is 31.9 Å². The summed E-state index contributed by atoms with van der Waals surface area (Å²) in [6.07, 6.45) is 0. The minimum Gasteiger partial charge on any atom is -0.496 e. The van der Waals surface area contributed by atoms with E-state index in [1.54, 1.807) is 19.2 Å². The fraction of sp³-hybridized carbons (Fsp3) is 0.143. The van der Waals surface area contributed by atoms with Gasteiger partial charge in [0.05, 0.1) is 11.6 Å². The summed E-state index contributed by atoms with van der Waals surface area (Å²) in [6, 6.07) is 10.3. The SMILES string of the molecule is COc1ccc(Br)cc1COc1ccc(Br)c(F)c1. The first-order valence-corrected chi connectivity index (χ1v) is 7.09. The van der Waals surface area contributed by atoms with Crippen LogP contribution in [0.15, 0.2) is 45.3 Å². The molecule has 100 valence electrons. The van der Waals surface area contributed by atoms with Crippen LogP contribution in [-0.2, 0) is 6.61 Å².